The Bertz CT molecular complexity index is 397. The summed E-state index contributed by atoms with van der Waals surface area (Å²) in [6.07, 6.45) is 1.73. The molecule has 0 aliphatic carbocycles. The first kappa shape index (κ1) is 8.81. The summed E-state index contributed by atoms with van der Waals surface area (Å²) in [6, 6.07) is 11.4. The number of aromatic amines is 1. The fourth-order valence-electron chi connectivity index (χ4n) is 1.36. The zero-order chi connectivity index (χ0) is 9.80. The molecule has 0 saturated heterocycles. The third kappa shape index (κ3) is 1.62. The zero-order valence-electron chi connectivity index (χ0n) is 7.53. The Kier molecular flexibility index (Phi) is 2.49. The van der Waals surface area contributed by atoms with Gasteiger partial charge in [-0.2, -0.15) is 0 Å². The Hall–Kier alpha value is -1.77. The van der Waals surface area contributed by atoms with Crippen molar-refractivity contribution in [1.82, 2.24) is 4.98 Å². The van der Waals surface area contributed by atoms with Crippen molar-refractivity contribution < 1.29 is 9.13 Å². The van der Waals surface area contributed by atoms with Gasteiger partial charge in [-0.25, -0.2) is 4.39 Å². The van der Waals surface area contributed by atoms with E-state index in [0.717, 1.165) is 11.3 Å². The highest BCUT2D eigenvalue weighted by Crippen LogP contribution is 2.27. The molecule has 0 aliphatic heterocycles. The molecule has 2 rings (SSSR count). The molecule has 0 spiro atoms. The van der Waals surface area contributed by atoms with Gasteiger partial charge in [0.1, 0.15) is 5.75 Å². The molecule has 2 nitrogen and oxygen atoms in total. The lowest BCUT2D eigenvalue weighted by atomic mass is 10.1. The van der Waals surface area contributed by atoms with E-state index in [4.69, 9.17) is 4.74 Å². The fraction of sp³-hybridized carbons (Fsp3) is 0.0909. The summed E-state index contributed by atoms with van der Waals surface area (Å²) in [7, 11) is 0. The van der Waals surface area contributed by atoms with E-state index in [9.17, 15) is 4.39 Å². The average molecular weight is 191 g/mol. The summed E-state index contributed by atoms with van der Waals surface area (Å²) in [5, 5.41) is 0. The quantitative estimate of drug-likeness (QED) is 0.792. The minimum Gasteiger partial charge on any atom is -0.461 e. The largest absolute Gasteiger partial charge is 0.461 e. The van der Waals surface area contributed by atoms with E-state index in [-0.39, 0.29) is 0 Å². The van der Waals surface area contributed by atoms with Crippen LogP contribution in [0.15, 0.2) is 42.6 Å². The zero-order valence-corrected chi connectivity index (χ0v) is 7.53. The van der Waals surface area contributed by atoms with Crippen molar-refractivity contribution in [3.05, 3.63) is 42.6 Å². The first-order valence-corrected chi connectivity index (χ1v) is 4.33. The number of hydrogen-bond acceptors (Lipinski definition) is 1. The molecular formula is C11H10FNO. The number of rotatable bonds is 3. The summed E-state index contributed by atoms with van der Waals surface area (Å²) in [4.78, 5) is 3.02. The number of hydrogen-bond donors (Lipinski definition) is 1. The molecule has 14 heavy (non-hydrogen) atoms. The van der Waals surface area contributed by atoms with Gasteiger partial charge in [-0.05, 0) is 6.07 Å². The number of ether oxygens (including phenoxy) is 1. The van der Waals surface area contributed by atoms with Crippen molar-refractivity contribution in [2.24, 2.45) is 0 Å². The summed E-state index contributed by atoms with van der Waals surface area (Å²) in [6.45, 7) is -0.808. The maximum Gasteiger partial charge on any atom is 0.228 e. The van der Waals surface area contributed by atoms with Gasteiger partial charge in [0.15, 0.2) is 0 Å². The molecule has 1 N–H and O–H groups in total. The number of aromatic nitrogens is 1. The highest BCUT2D eigenvalue weighted by Gasteiger charge is 2.06. The summed E-state index contributed by atoms with van der Waals surface area (Å²) >= 11 is 0. The standard InChI is InChI=1S/C11H10FNO/c12-8-14-10-6-7-13-11(10)9-4-2-1-3-5-9/h1-7,13H,8H2. The van der Waals surface area contributed by atoms with Gasteiger partial charge in [-0.3, -0.25) is 0 Å². The number of halogens is 1. The molecule has 1 aromatic heterocycles. The van der Waals surface area contributed by atoms with Crippen LogP contribution >= 0.6 is 0 Å². The van der Waals surface area contributed by atoms with Gasteiger partial charge < -0.3 is 9.72 Å². The fourth-order valence-corrected chi connectivity index (χ4v) is 1.36. The highest BCUT2D eigenvalue weighted by molar-refractivity contribution is 5.66. The Morgan fingerprint density at radius 3 is 2.64 bits per heavy atom. The van der Waals surface area contributed by atoms with Crippen LogP contribution in [0.5, 0.6) is 5.75 Å². The van der Waals surface area contributed by atoms with Crippen LogP contribution in [0.2, 0.25) is 0 Å². The third-order valence-corrected chi connectivity index (χ3v) is 1.98. The van der Waals surface area contributed by atoms with E-state index in [0.29, 0.717) is 5.75 Å². The Labute approximate surface area is 81.3 Å². The number of alkyl halides is 1. The maximum atomic E-state index is 12.0. The van der Waals surface area contributed by atoms with Crippen LogP contribution < -0.4 is 4.74 Å². The smallest absolute Gasteiger partial charge is 0.228 e. The predicted octanol–water partition coefficient (Wildman–Crippen LogP) is 2.99. The van der Waals surface area contributed by atoms with E-state index in [1.54, 1.807) is 12.3 Å². The van der Waals surface area contributed by atoms with Crippen LogP contribution in [0, 0.1) is 0 Å². The molecule has 0 amide bonds. The van der Waals surface area contributed by atoms with Crippen LogP contribution in [0.25, 0.3) is 11.3 Å². The number of H-pyrrole nitrogens is 1. The first-order chi connectivity index (χ1) is 6.92. The van der Waals surface area contributed by atoms with Crippen LogP contribution in [-0.4, -0.2) is 11.8 Å². The van der Waals surface area contributed by atoms with Crippen molar-refractivity contribution in [3.8, 4) is 17.0 Å². The molecule has 0 saturated carbocycles. The summed E-state index contributed by atoms with van der Waals surface area (Å²) in [5.74, 6) is 0.540. The normalized spacial score (nSPS) is 10.1. The van der Waals surface area contributed by atoms with Gasteiger partial charge in [-0.15, -0.1) is 0 Å². The Morgan fingerprint density at radius 2 is 1.93 bits per heavy atom. The van der Waals surface area contributed by atoms with Gasteiger partial charge in [0.25, 0.3) is 0 Å². The maximum absolute atomic E-state index is 12.0. The molecule has 72 valence electrons. The van der Waals surface area contributed by atoms with E-state index in [1.165, 1.54) is 0 Å². The molecule has 0 atom stereocenters. The molecular weight excluding hydrogens is 181 g/mol. The molecule has 1 heterocycles. The van der Waals surface area contributed by atoms with Gasteiger partial charge in [0, 0.05) is 11.8 Å². The molecule has 1 aromatic carbocycles. The minimum absolute atomic E-state index is 0.540. The summed E-state index contributed by atoms with van der Waals surface area (Å²) < 4.78 is 16.8. The van der Waals surface area contributed by atoms with E-state index in [2.05, 4.69) is 4.98 Å². The monoisotopic (exact) mass is 191 g/mol. The van der Waals surface area contributed by atoms with Gasteiger partial charge in [0.2, 0.25) is 6.86 Å². The molecule has 0 radical (unpaired) electrons. The SMILES string of the molecule is FCOc1cc[nH]c1-c1ccccc1. The van der Waals surface area contributed by atoms with Crippen LogP contribution in [-0.2, 0) is 0 Å². The van der Waals surface area contributed by atoms with Crippen LogP contribution in [0.3, 0.4) is 0 Å². The molecule has 0 aliphatic rings. The molecule has 2 aromatic rings. The van der Waals surface area contributed by atoms with E-state index in [1.807, 2.05) is 30.3 Å². The Morgan fingerprint density at radius 1 is 1.14 bits per heavy atom. The lowest BCUT2D eigenvalue weighted by Gasteiger charge is -2.02. The number of benzene rings is 1. The average Bonchev–Trinajstić information content (AvgIpc) is 2.68. The van der Waals surface area contributed by atoms with Crippen molar-refractivity contribution in [3.63, 3.8) is 0 Å². The van der Waals surface area contributed by atoms with Gasteiger partial charge in [0.05, 0.1) is 5.69 Å². The van der Waals surface area contributed by atoms with Gasteiger partial charge >= 0.3 is 0 Å². The van der Waals surface area contributed by atoms with Crippen molar-refractivity contribution in [2.45, 2.75) is 0 Å². The molecule has 0 bridgehead atoms. The van der Waals surface area contributed by atoms with Gasteiger partial charge in [-0.1, -0.05) is 30.3 Å². The second-order valence-corrected chi connectivity index (χ2v) is 2.84. The topological polar surface area (TPSA) is 25.0 Å². The number of nitrogens with one attached hydrogen (secondary N) is 1. The first-order valence-electron chi connectivity index (χ1n) is 4.33. The second kappa shape index (κ2) is 3.96. The van der Waals surface area contributed by atoms with Crippen molar-refractivity contribution in [2.75, 3.05) is 6.86 Å². The van der Waals surface area contributed by atoms with Crippen molar-refractivity contribution in [1.29, 1.82) is 0 Å². The van der Waals surface area contributed by atoms with Crippen LogP contribution in [0.4, 0.5) is 4.39 Å². The van der Waals surface area contributed by atoms with E-state index < -0.39 is 6.86 Å². The lowest BCUT2D eigenvalue weighted by Crippen LogP contribution is -1.90. The molecule has 0 unspecified atom stereocenters. The summed E-state index contributed by atoms with van der Waals surface area (Å²) in [5.41, 5.74) is 1.80. The predicted molar refractivity (Wildman–Crippen MR) is 52.8 cm³/mol. The lowest BCUT2D eigenvalue weighted by molar-refractivity contribution is 0.193. The Balaban J connectivity index is 2.37. The highest BCUT2D eigenvalue weighted by atomic mass is 19.1. The second-order valence-electron chi connectivity index (χ2n) is 2.84. The van der Waals surface area contributed by atoms with E-state index >= 15 is 0 Å². The van der Waals surface area contributed by atoms with Crippen LogP contribution in [0.1, 0.15) is 0 Å². The molecule has 0 fully saturated rings. The third-order valence-electron chi connectivity index (χ3n) is 1.98. The minimum atomic E-state index is -0.808. The molecule has 3 heteroatoms. The van der Waals surface area contributed by atoms with Crippen molar-refractivity contribution >= 4 is 0 Å².